The van der Waals surface area contributed by atoms with Gasteiger partial charge in [0.25, 0.3) is 5.91 Å². The molecule has 0 spiro atoms. The van der Waals surface area contributed by atoms with Gasteiger partial charge in [-0.25, -0.2) is 9.79 Å². The molecule has 0 radical (unpaired) electrons. The van der Waals surface area contributed by atoms with E-state index >= 15 is 0 Å². The Balaban J connectivity index is 1.64. The number of para-hydroxylation sites is 1. The van der Waals surface area contributed by atoms with E-state index in [4.69, 9.17) is 19.6 Å². The third-order valence-electron chi connectivity index (χ3n) is 5.67. The zero-order valence-corrected chi connectivity index (χ0v) is 19.9. The van der Waals surface area contributed by atoms with E-state index in [1.807, 2.05) is 48.2 Å². The molecule has 1 aliphatic heterocycles. The number of rotatable bonds is 8. The van der Waals surface area contributed by atoms with Crippen molar-refractivity contribution in [2.24, 2.45) is 4.99 Å². The lowest BCUT2D eigenvalue weighted by Gasteiger charge is -2.30. The average molecular weight is 481 g/mol. The number of nitrogens with zero attached hydrogens (tertiary/aromatic N) is 2. The molecule has 4 rings (SSSR count). The predicted octanol–water partition coefficient (Wildman–Crippen LogP) is 5.49. The number of amidine groups is 1. The minimum Gasteiger partial charge on any atom is -0.490 e. The van der Waals surface area contributed by atoms with E-state index in [0.29, 0.717) is 28.2 Å². The Bertz CT molecular complexity index is 1090. The molecule has 1 heterocycles. The maximum Gasteiger partial charge on any atom is 0.341 e. The van der Waals surface area contributed by atoms with E-state index in [1.54, 1.807) is 18.2 Å². The first-order chi connectivity index (χ1) is 16.5. The van der Waals surface area contributed by atoms with Crippen LogP contribution in [-0.2, 0) is 9.59 Å². The molecule has 1 saturated carbocycles. The first kappa shape index (κ1) is 23.9. The third-order valence-corrected chi connectivity index (χ3v) is 6.66. The van der Waals surface area contributed by atoms with E-state index in [9.17, 15) is 9.59 Å². The summed E-state index contributed by atoms with van der Waals surface area (Å²) in [5.41, 5.74) is 1.59. The summed E-state index contributed by atoms with van der Waals surface area (Å²) >= 11 is 1.39. The Labute approximate surface area is 203 Å². The summed E-state index contributed by atoms with van der Waals surface area (Å²) in [5, 5.41) is 9.61. The monoisotopic (exact) mass is 480 g/mol. The maximum atomic E-state index is 13.5. The van der Waals surface area contributed by atoms with Gasteiger partial charge in [0.2, 0.25) is 0 Å². The fourth-order valence-electron chi connectivity index (χ4n) is 4.13. The van der Waals surface area contributed by atoms with Crippen LogP contribution in [0.2, 0.25) is 0 Å². The highest BCUT2D eigenvalue weighted by Crippen LogP contribution is 2.39. The maximum absolute atomic E-state index is 13.5. The number of thioether (sulfide) groups is 1. The Morgan fingerprint density at radius 1 is 1.12 bits per heavy atom. The molecule has 2 aromatic carbocycles. The second kappa shape index (κ2) is 11.2. The number of aliphatic carboxylic acids is 1. The number of carbonyl (C=O) groups is 2. The number of carbonyl (C=O) groups excluding carboxylic acids is 1. The number of aliphatic imine (C=N–C) groups is 1. The molecule has 0 atom stereocenters. The van der Waals surface area contributed by atoms with Crippen molar-refractivity contribution in [1.29, 1.82) is 0 Å². The lowest BCUT2D eigenvalue weighted by molar-refractivity contribution is -0.139. The zero-order chi connectivity index (χ0) is 23.9. The van der Waals surface area contributed by atoms with Crippen molar-refractivity contribution in [3.05, 3.63) is 59.0 Å². The smallest absolute Gasteiger partial charge is 0.341 e. The molecule has 2 aromatic rings. The standard InChI is InChI=1S/C26H28N2O5S/c1-2-32-22-15-18(13-14-21(22)33-17-24(29)30)16-23-25(31)28(20-11-7-4-8-12-20)26(34-23)27-19-9-5-3-6-10-19/h3,5-6,9-10,13-16,20H,2,4,7-8,11-12,17H2,1H3,(H,29,30)/b23-16-,27-26?. The van der Waals surface area contributed by atoms with Gasteiger partial charge in [0.05, 0.1) is 17.2 Å². The average Bonchev–Trinajstić information content (AvgIpc) is 3.14. The van der Waals surface area contributed by atoms with E-state index in [1.165, 1.54) is 18.2 Å². The van der Waals surface area contributed by atoms with Crippen LogP contribution < -0.4 is 9.47 Å². The molecule has 1 N–H and O–H groups in total. The van der Waals surface area contributed by atoms with Gasteiger partial charge in [-0.2, -0.15) is 0 Å². The van der Waals surface area contributed by atoms with Gasteiger partial charge in [-0.05, 0) is 67.4 Å². The minimum atomic E-state index is -1.06. The molecule has 7 nitrogen and oxygen atoms in total. The summed E-state index contributed by atoms with van der Waals surface area (Å²) < 4.78 is 11.0. The summed E-state index contributed by atoms with van der Waals surface area (Å²) in [7, 11) is 0. The molecule has 8 heteroatoms. The minimum absolute atomic E-state index is 0.0317. The number of carboxylic acid groups (broad SMARTS) is 1. The second-order valence-electron chi connectivity index (χ2n) is 8.13. The second-order valence-corrected chi connectivity index (χ2v) is 9.14. The molecule has 0 unspecified atom stereocenters. The van der Waals surface area contributed by atoms with Gasteiger partial charge in [-0.1, -0.05) is 43.5 Å². The van der Waals surface area contributed by atoms with Crippen LogP contribution in [0.1, 0.15) is 44.6 Å². The topological polar surface area (TPSA) is 88.4 Å². The van der Waals surface area contributed by atoms with Crippen LogP contribution in [0.25, 0.3) is 6.08 Å². The van der Waals surface area contributed by atoms with Crippen LogP contribution in [-0.4, -0.2) is 46.3 Å². The number of hydrogen-bond donors (Lipinski definition) is 1. The molecule has 34 heavy (non-hydrogen) atoms. The lowest BCUT2D eigenvalue weighted by atomic mass is 9.94. The molecule has 0 aromatic heterocycles. The van der Waals surface area contributed by atoms with Crippen molar-refractivity contribution in [3.8, 4) is 11.5 Å². The third kappa shape index (κ3) is 5.80. The quantitative estimate of drug-likeness (QED) is 0.503. The highest BCUT2D eigenvalue weighted by atomic mass is 32.2. The SMILES string of the molecule is CCOc1cc(/C=C2\SC(=Nc3ccccc3)N(C3CCCCC3)C2=O)ccc1OCC(=O)O. The van der Waals surface area contributed by atoms with Crippen LogP contribution in [0.15, 0.2) is 58.4 Å². The van der Waals surface area contributed by atoms with Crippen LogP contribution in [0.5, 0.6) is 11.5 Å². The largest absolute Gasteiger partial charge is 0.490 e. The van der Waals surface area contributed by atoms with Gasteiger partial charge in [0, 0.05) is 6.04 Å². The van der Waals surface area contributed by atoms with Crippen molar-refractivity contribution in [1.82, 2.24) is 4.90 Å². The highest BCUT2D eigenvalue weighted by molar-refractivity contribution is 8.18. The number of hydrogen-bond acceptors (Lipinski definition) is 6. The first-order valence-electron chi connectivity index (χ1n) is 11.5. The fraction of sp³-hybridized carbons (Fsp3) is 0.346. The van der Waals surface area contributed by atoms with Gasteiger partial charge in [0.1, 0.15) is 0 Å². The summed E-state index contributed by atoms with van der Waals surface area (Å²) in [4.78, 5) is 31.6. The molecule has 1 amide bonds. The van der Waals surface area contributed by atoms with Crippen LogP contribution >= 0.6 is 11.8 Å². The van der Waals surface area contributed by atoms with Crippen LogP contribution in [0, 0.1) is 0 Å². The summed E-state index contributed by atoms with van der Waals surface area (Å²) in [6.45, 7) is 1.79. The van der Waals surface area contributed by atoms with Crippen molar-refractivity contribution >= 4 is 40.6 Å². The molecule has 2 fully saturated rings. The molecular weight excluding hydrogens is 452 g/mol. The number of ether oxygens (including phenoxy) is 2. The van der Waals surface area contributed by atoms with E-state index in [2.05, 4.69) is 0 Å². The van der Waals surface area contributed by atoms with Gasteiger partial charge in [-0.3, -0.25) is 9.69 Å². The van der Waals surface area contributed by atoms with Crippen molar-refractivity contribution in [2.45, 2.75) is 45.1 Å². The van der Waals surface area contributed by atoms with Crippen LogP contribution in [0.3, 0.4) is 0 Å². The number of amides is 1. The zero-order valence-electron chi connectivity index (χ0n) is 19.1. The summed E-state index contributed by atoms with van der Waals surface area (Å²) in [6, 6.07) is 15.1. The van der Waals surface area contributed by atoms with Gasteiger partial charge in [-0.15, -0.1) is 0 Å². The Morgan fingerprint density at radius 2 is 1.88 bits per heavy atom. The predicted molar refractivity (Wildman–Crippen MR) is 134 cm³/mol. The number of benzene rings is 2. The lowest BCUT2D eigenvalue weighted by Crippen LogP contribution is -2.40. The van der Waals surface area contributed by atoms with Crippen LogP contribution in [0.4, 0.5) is 5.69 Å². The van der Waals surface area contributed by atoms with Gasteiger partial charge >= 0.3 is 5.97 Å². The number of carboxylic acids is 1. The molecular formula is C26H28N2O5S. The van der Waals surface area contributed by atoms with Crippen molar-refractivity contribution in [2.75, 3.05) is 13.2 Å². The van der Waals surface area contributed by atoms with E-state index < -0.39 is 12.6 Å². The van der Waals surface area contributed by atoms with Gasteiger partial charge in [0.15, 0.2) is 23.3 Å². The summed E-state index contributed by atoms with van der Waals surface area (Å²) in [6.07, 6.45) is 7.24. The van der Waals surface area contributed by atoms with Crippen molar-refractivity contribution in [3.63, 3.8) is 0 Å². The molecule has 178 valence electrons. The Hall–Kier alpha value is -3.26. The fourth-order valence-corrected chi connectivity index (χ4v) is 5.19. The Kier molecular flexibility index (Phi) is 7.90. The molecule has 1 saturated heterocycles. The van der Waals surface area contributed by atoms with Crippen molar-refractivity contribution < 1.29 is 24.2 Å². The first-order valence-corrected chi connectivity index (χ1v) is 12.3. The molecule has 2 aliphatic rings. The molecule has 0 bridgehead atoms. The normalized spacial score (nSPS) is 19.1. The molecule has 1 aliphatic carbocycles. The van der Waals surface area contributed by atoms with E-state index in [0.717, 1.165) is 36.9 Å². The summed E-state index contributed by atoms with van der Waals surface area (Å²) in [5.74, 6) is -0.298. The van der Waals surface area contributed by atoms with Gasteiger partial charge < -0.3 is 14.6 Å². The highest BCUT2D eigenvalue weighted by Gasteiger charge is 2.38. The van der Waals surface area contributed by atoms with E-state index in [-0.39, 0.29) is 11.9 Å². The Morgan fingerprint density at radius 3 is 2.59 bits per heavy atom.